The highest BCUT2D eigenvalue weighted by Gasteiger charge is 2.19. The number of benzene rings is 2. The van der Waals surface area contributed by atoms with Crippen LogP contribution in [0.5, 0.6) is 5.75 Å². The number of urea groups is 1. The lowest BCUT2D eigenvalue weighted by atomic mass is 10.2. The molecule has 0 spiro atoms. The highest BCUT2D eigenvalue weighted by atomic mass is 35.5. The zero-order chi connectivity index (χ0) is 24.1. The number of halogens is 3. The highest BCUT2D eigenvalue weighted by molar-refractivity contribution is 6.37. The highest BCUT2D eigenvalue weighted by Crippen LogP contribution is 2.34. The molecule has 34 heavy (non-hydrogen) atoms. The largest absolute Gasteiger partial charge is 0.487 e. The first-order chi connectivity index (χ1) is 16.4. The summed E-state index contributed by atoms with van der Waals surface area (Å²) in [5.74, 6) is 0.730. The quantitative estimate of drug-likeness (QED) is 0.370. The minimum Gasteiger partial charge on any atom is -0.487 e. The van der Waals surface area contributed by atoms with Crippen molar-refractivity contribution in [3.05, 3.63) is 88.4 Å². The van der Waals surface area contributed by atoms with E-state index in [1.165, 1.54) is 35.3 Å². The molecule has 174 valence electrons. The second kappa shape index (κ2) is 10.4. The van der Waals surface area contributed by atoms with Gasteiger partial charge < -0.3 is 15.4 Å². The van der Waals surface area contributed by atoms with Crippen LogP contribution in [0.1, 0.15) is 24.4 Å². The molecule has 0 aliphatic heterocycles. The van der Waals surface area contributed by atoms with Crippen molar-refractivity contribution in [2.75, 3.05) is 5.32 Å². The smallest absolute Gasteiger partial charge is 0.319 e. The van der Waals surface area contributed by atoms with Crippen molar-refractivity contribution in [1.29, 1.82) is 0 Å². The van der Waals surface area contributed by atoms with Crippen LogP contribution in [0.4, 0.5) is 14.9 Å². The van der Waals surface area contributed by atoms with Gasteiger partial charge in [-0.2, -0.15) is 9.78 Å². The van der Waals surface area contributed by atoms with Crippen LogP contribution < -0.4 is 15.4 Å². The lowest BCUT2D eigenvalue weighted by Gasteiger charge is -2.16. The predicted molar refractivity (Wildman–Crippen MR) is 125 cm³/mol. The topological polar surface area (TPSA) is 107 Å². The molecule has 2 heterocycles. The molecular weight excluding hydrogens is 484 g/mol. The lowest BCUT2D eigenvalue weighted by Crippen LogP contribution is -2.32. The Balaban J connectivity index is 1.43. The molecule has 0 aliphatic rings. The maximum absolute atomic E-state index is 13.1. The molecule has 0 saturated carbocycles. The molecule has 0 aliphatic carbocycles. The number of aromatic nitrogens is 5. The van der Waals surface area contributed by atoms with Gasteiger partial charge in [-0.3, -0.25) is 0 Å². The fourth-order valence-electron chi connectivity index (χ4n) is 3.00. The first kappa shape index (κ1) is 23.4. The Bertz CT molecular complexity index is 1290. The number of carbonyl (C=O) groups is 1. The third-order valence-corrected chi connectivity index (χ3v) is 5.24. The molecule has 2 aromatic heterocycles. The van der Waals surface area contributed by atoms with Gasteiger partial charge in [0.05, 0.1) is 21.8 Å². The van der Waals surface area contributed by atoms with E-state index in [2.05, 4.69) is 30.7 Å². The molecule has 1 atom stereocenters. The Morgan fingerprint density at radius 3 is 2.59 bits per heavy atom. The molecule has 0 radical (unpaired) electrons. The summed E-state index contributed by atoms with van der Waals surface area (Å²) in [4.78, 5) is 25.1. The Morgan fingerprint density at radius 2 is 1.85 bits per heavy atom. The Labute approximate surface area is 203 Å². The molecule has 12 heteroatoms. The van der Waals surface area contributed by atoms with Gasteiger partial charge >= 0.3 is 6.03 Å². The van der Waals surface area contributed by atoms with Crippen molar-refractivity contribution < 1.29 is 13.9 Å². The molecular formula is C22H18Cl2FN7O2. The fourth-order valence-corrected chi connectivity index (χ4v) is 3.48. The van der Waals surface area contributed by atoms with E-state index in [0.717, 1.165) is 5.56 Å². The zero-order valence-corrected chi connectivity index (χ0v) is 19.3. The number of carbonyl (C=O) groups excluding carboxylic acids is 1. The molecule has 9 nitrogen and oxygen atoms in total. The van der Waals surface area contributed by atoms with Gasteiger partial charge in [-0.05, 0) is 36.8 Å². The number of ether oxygens (including phenoxy) is 1. The predicted octanol–water partition coefficient (Wildman–Crippen LogP) is 4.96. The molecule has 2 aromatic carbocycles. The van der Waals surface area contributed by atoms with Gasteiger partial charge in [0.25, 0.3) is 5.95 Å². The SMILES string of the molecule is C[C@H](NC(=O)Nc1cc(OCc2ccc(F)cc2)c(Cl)cc1Cl)c1ncnn1-c1ncccn1. The summed E-state index contributed by atoms with van der Waals surface area (Å²) >= 11 is 12.5. The van der Waals surface area contributed by atoms with Gasteiger partial charge in [0, 0.05) is 18.5 Å². The van der Waals surface area contributed by atoms with Gasteiger partial charge in [-0.1, -0.05) is 35.3 Å². The maximum Gasteiger partial charge on any atom is 0.319 e. The second-order valence-electron chi connectivity index (χ2n) is 7.08. The van der Waals surface area contributed by atoms with Crippen LogP contribution >= 0.6 is 23.2 Å². The number of hydrogen-bond acceptors (Lipinski definition) is 6. The number of amides is 2. The number of nitrogens with one attached hydrogen (secondary N) is 2. The summed E-state index contributed by atoms with van der Waals surface area (Å²) < 4.78 is 20.2. The molecule has 4 rings (SSSR count). The van der Waals surface area contributed by atoms with Gasteiger partial charge in [0.2, 0.25) is 0 Å². The van der Waals surface area contributed by atoms with Crippen LogP contribution in [0.25, 0.3) is 5.95 Å². The average molecular weight is 502 g/mol. The standard InChI is InChI=1S/C22H18Cl2FN7O2/c1-13(20-28-12-29-32(20)21-26-7-2-8-27-21)30-22(33)31-18-10-19(17(24)9-16(18)23)34-11-14-3-5-15(25)6-4-14/h2-10,12-13H,11H2,1H3,(H2,30,31,33)/t13-/m0/s1. The third kappa shape index (κ3) is 5.59. The normalized spacial score (nSPS) is 11.6. The lowest BCUT2D eigenvalue weighted by molar-refractivity contribution is 0.248. The third-order valence-electron chi connectivity index (χ3n) is 4.63. The van der Waals surface area contributed by atoms with Crippen LogP contribution in [0, 0.1) is 5.82 Å². The summed E-state index contributed by atoms with van der Waals surface area (Å²) in [6.45, 7) is 1.89. The van der Waals surface area contributed by atoms with Crippen LogP contribution in [0.3, 0.4) is 0 Å². The summed E-state index contributed by atoms with van der Waals surface area (Å²) in [5, 5.41) is 10.1. The van der Waals surface area contributed by atoms with Gasteiger partial charge in [0.15, 0.2) is 5.82 Å². The van der Waals surface area contributed by atoms with E-state index >= 15 is 0 Å². The molecule has 0 fully saturated rings. The summed E-state index contributed by atoms with van der Waals surface area (Å²) in [5.41, 5.74) is 1.04. The van der Waals surface area contributed by atoms with Crippen molar-refractivity contribution in [3.63, 3.8) is 0 Å². The van der Waals surface area contributed by atoms with Crippen LogP contribution in [-0.2, 0) is 6.61 Å². The summed E-state index contributed by atoms with van der Waals surface area (Å²) in [7, 11) is 0. The maximum atomic E-state index is 13.1. The average Bonchev–Trinajstić information content (AvgIpc) is 3.32. The van der Waals surface area contributed by atoms with E-state index in [1.807, 2.05) is 0 Å². The van der Waals surface area contributed by atoms with Gasteiger partial charge in [-0.15, -0.1) is 0 Å². The minimum absolute atomic E-state index is 0.154. The fraction of sp³-hybridized carbons (Fsp3) is 0.136. The molecule has 2 N–H and O–H groups in total. The van der Waals surface area contributed by atoms with E-state index in [-0.39, 0.29) is 28.2 Å². The Kier molecular flexibility index (Phi) is 7.19. The van der Waals surface area contributed by atoms with E-state index in [9.17, 15) is 9.18 Å². The summed E-state index contributed by atoms with van der Waals surface area (Å²) in [6.07, 6.45) is 4.51. The zero-order valence-electron chi connectivity index (χ0n) is 17.7. The van der Waals surface area contributed by atoms with Crippen LogP contribution in [-0.4, -0.2) is 30.8 Å². The van der Waals surface area contributed by atoms with E-state index < -0.39 is 12.1 Å². The summed E-state index contributed by atoms with van der Waals surface area (Å²) in [6, 6.07) is 9.47. The number of nitrogens with zero attached hydrogens (tertiary/aromatic N) is 5. The molecule has 2 amide bonds. The number of hydrogen-bond donors (Lipinski definition) is 2. The van der Waals surface area contributed by atoms with Crippen molar-refractivity contribution in [2.45, 2.75) is 19.6 Å². The van der Waals surface area contributed by atoms with E-state index in [0.29, 0.717) is 17.5 Å². The number of anilines is 1. The van der Waals surface area contributed by atoms with Crippen molar-refractivity contribution in [2.24, 2.45) is 0 Å². The van der Waals surface area contributed by atoms with Crippen molar-refractivity contribution >= 4 is 34.9 Å². The van der Waals surface area contributed by atoms with E-state index in [4.69, 9.17) is 27.9 Å². The van der Waals surface area contributed by atoms with Crippen molar-refractivity contribution in [3.8, 4) is 11.7 Å². The van der Waals surface area contributed by atoms with Gasteiger partial charge in [0.1, 0.15) is 24.5 Å². The Hall–Kier alpha value is -3.76. The molecule has 0 saturated heterocycles. The monoisotopic (exact) mass is 501 g/mol. The van der Waals surface area contributed by atoms with E-state index in [1.54, 1.807) is 37.5 Å². The molecule has 4 aromatic rings. The minimum atomic E-state index is -0.537. The molecule has 0 unspecified atom stereocenters. The Morgan fingerprint density at radius 1 is 1.12 bits per heavy atom. The first-order valence-corrected chi connectivity index (χ1v) is 10.8. The van der Waals surface area contributed by atoms with Crippen LogP contribution in [0.2, 0.25) is 10.0 Å². The van der Waals surface area contributed by atoms with Gasteiger partial charge in [-0.25, -0.2) is 24.1 Å². The second-order valence-corrected chi connectivity index (χ2v) is 7.89. The molecule has 0 bridgehead atoms. The first-order valence-electron chi connectivity index (χ1n) is 10.0. The number of rotatable bonds is 7. The van der Waals surface area contributed by atoms with Crippen molar-refractivity contribution in [1.82, 2.24) is 30.0 Å². The van der Waals surface area contributed by atoms with Crippen LogP contribution in [0.15, 0.2) is 61.2 Å².